The van der Waals surface area contributed by atoms with Crippen molar-refractivity contribution in [3.63, 3.8) is 0 Å². The van der Waals surface area contributed by atoms with Crippen LogP contribution in [0.4, 0.5) is 11.4 Å². The number of benzene rings is 2. The first-order valence-corrected chi connectivity index (χ1v) is 6.50. The van der Waals surface area contributed by atoms with Gasteiger partial charge in [0.15, 0.2) is 0 Å². The number of hydrogen-bond donors (Lipinski definition) is 4. The summed E-state index contributed by atoms with van der Waals surface area (Å²) in [4.78, 5) is 21.0. The molecule has 0 saturated heterocycles. The van der Waals surface area contributed by atoms with E-state index in [0.717, 1.165) is 0 Å². The zero-order valence-corrected chi connectivity index (χ0v) is 12.8. The highest BCUT2D eigenvalue weighted by molar-refractivity contribution is 5.89. The number of anilines is 2. The minimum atomic E-state index is -0.115. The van der Waals surface area contributed by atoms with Crippen molar-refractivity contribution >= 4 is 23.2 Å². The maximum atomic E-state index is 10.5. The molecule has 2 rings (SSSR count). The third-order valence-corrected chi connectivity index (χ3v) is 2.38. The molecule has 0 aromatic heterocycles. The van der Waals surface area contributed by atoms with Gasteiger partial charge in [0.05, 0.1) is 0 Å². The Labute approximate surface area is 133 Å². The van der Waals surface area contributed by atoms with Gasteiger partial charge in [-0.15, -0.1) is 0 Å². The van der Waals surface area contributed by atoms with E-state index in [1.165, 1.54) is 38.1 Å². The molecule has 0 spiro atoms. The average molecular weight is 320 g/mol. The van der Waals surface area contributed by atoms with Gasteiger partial charge in [-0.25, -0.2) is 0 Å². The molecule has 2 amide bonds. The molecule has 124 valence electrons. The number of carbonyl (C=O) groups is 2. The van der Waals surface area contributed by atoms with Crippen molar-refractivity contribution in [2.45, 2.75) is 13.8 Å². The van der Waals surface area contributed by atoms with Crippen LogP contribution in [0.1, 0.15) is 13.8 Å². The van der Waals surface area contributed by atoms with Gasteiger partial charge in [0.1, 0.15) is 11.5 Å². The lowest BCUT2D eigenvalue weighted by Gasteiger charge is -1.99. The summed E-state index contributed by atoms with van der Waals surface area (Å²) in [5.74, 6) is 0.157. The van der Waals surface area contributed by atoms with Gasteiger partial charge < -0.3 is 26.3 Å². The van der Waals surface area contributed by atoms with E-state index in [1.54, 1.807) is 24.3 Å². The summed E-state index contributed by atoms with van der Waals surface area (Å²) in [6.07, 6.45) is 0. The van der Waals surface area contributed by atoms with E-state index in [9.17, 15) is 9.59 Å². The number of nitrogens with one attached hydrogen (secondary N) is 2. The predicted octanol–water partition coefficient (Wildman–Crippen LogP) is 1.88. The van der Waals surface area contributed by atoms with Gasteiger partial charge in [0, 0.05) is 25.2 Å². The Kier molecular flexibility index (Phi) is 8.50. The standard InChI is InChI=1S/2C8H9NO2.H2O/c2*1-6(10)9-7-2-4-8(11)5-3-7;/h2*2-5,11H,1H3,(H,9,10);1H2. The fourth-order valence-corrected chi connectivity index (χ4v) is 1.50. The highest BCUT2D eigenvalue weighted by Gasteiger charge is 1.94. The van der Waals surface area contributed by atoms with E-state index < -0.39 is 0 Å². The molecule has 2 aromatic carbocycles. The third-order valence-electron chi connectivity index (χ3n) is 2.38. The first-order valence-electron chi connectivity index (χ1n) is 6.50. The Hall–Kier alpha value is -3.06. The Bertz CT molecular complexity index is 566. The Balaban J connectivity index is 0.000000403. The van der Waals surface area contributed by atoms with Crippen LogP contribution in [-0.2, 0) is 9.59 Å². The summed E-state index contributed by atoms with van der Waals surface area (Å²) in [5, 5.41) is 22.9. The van der Waals surface area contributed by atoms with Gasteiger partial charge in [-0.2, -0.15) is 0 Å². The number of amides is 2. The molecule has 0 unspecified atom stereocenters. The molecular formula is C16H20N2O5. The van der Waals surface area contributed by atoms with Gasteiger partial charge in [0.2, 0.25) is 11.8 Å². The highest BCUT2D eigenvalue weighted by Crippen LogP contribution is 2.13. The molecule has 23 heavy (non-hydrogen) atoms. The van der Waals surface area contributed by atoms with Gasteiger partial charge >= 0.3 is 0 Å². The molecule has 0 atom stereocenters. The maximum Gasteiger partial charge on any atom is 0.221 e. The Morgan fingerprint density at radius 1 is 0.696 bits per heavy atom. The SMILES string of the molecule is CC(=O)Nc1ccc(O)cc1.CC(=O)Nc1ccc(O)cc1.O. The molecule has 7 heteroatoms. The van der Waals surface area contributed by atoms with Crippen LogP contribution in [-0.4, -0.2) is 27.5 Å². The first-order chi connectivity index (χ1) is 10.4. The van der Waals surface area contributed by atoms with Crippen LogP contribution in [0.2, 0.25) is 0 Å². The van der Waals surface area contributed by atoms with Crippen molar-refractivity contribution in [3.8, 4) is 11.5 Å². The van der Waals surface area contributed by atoms with E-state index in [4.69, 9.17) is 10.2 Å². The second-order valence-corrected chi connectivity index (χ2v) is 4.46. The minimum Gasteiger partial charge on any atom is -0.508 e. The molecule has 0 fully saturated rings. The van der Waals surface area contributed by atoms with Crippen molar-refractivity contribution in [3.05, 3.63) is 48.5 Å². The quantitative estimate of drug-likeness (QED) is 0.629. The second-order valence-electron chi connectivity index (χ2n) is 4.46. The van der Waals surface area contributed by atoms with E-state index in [2.05, 4.69) is 10.6 Å². The number of aromatic hydroxyl groups is 2. The van der Waals surface area contributed by atoms with Gasteiger partial charge in [-0.1, -0.05) is 0 Å². The van der Waals surface area contributed by atoms with Crippen molar-refractivity contribution in [2.24, 2.45) is 0 Å². The zero-order valence-electron chi connectivity index (χ0n) is 12.8. The number of phenols is 2. The molecule has 0 bridgehead atoms. The molecule has 0 aliphatic carbocycles. The smallest absolute Gasteiger partial charge is 0.221 e. The molecule has 0 heterocycles. The molecular weight excluding hydrogens is 300 g/mol. The number of rotatable bonds is 2. The fourth-order valence-electron chi connectivity index (χ4n) is 1.50. The molecule has 0 aliphatic heterocycles. The lowest BCUT2D eigenvalue weighted by molar-refractivity contribution is -0.115. The summed E-state index contributed by atoms with van der Waals surface area (Å²) >= 11 is 0. The van der Waals surface area contributed by atoms with Crippen molar-refractivity contribution < 1.29 is 25.3 Å². The van der Waals surface area contributed by atoms with Gasteiger partial charge in [-0.05, 0) is 48.5 Å². The summed E-state index contributed by atoms with van der Waals surface area (Å²) in [6, 6.07) is 12.6. The molecule has 0 aliphatic rings. The minimum absolute atomic E-state index is 0. The number of carbonyl (C=O) groups excluding carboxylic acids is 2. The van der Waals surface area contributed by atoms with Crippen LogP contribution in [0.3, 0.4) is 0 Å². The lowest BCUT2D eigenvalue weighted by Crippen LogP contribution is -2.04. The maximum absolute atomic E-state index is 10.5. The summed E-state index contributed by atoms with van der Waals surface area (Å²) in [5.41, 5.74) is 1.38. The average Bonchev–Trinajstić information content (AvgIpc) is 2.44. The third kappa shape index (κ3) is 8.74. The summed E-state index contributed by atoms with van der Waals surface area (Å²) in [6.45, 7) is 2.87. The summed E-state index contributed by atoms with van der Waals surface area (Å²) < 4.78 is 0. The van der Waals surface area contributed by atoms with Crippen LogP contribution in [0, 0.1) is 0 Å². The zero-order chi connectivity index (χ0) is 16.5. The monoisotopic (exact) mass is 320 g/mol. The second kappa shape index (κ2) is 9.80. The van der Waals surface area contributed by atoms with E-state index in [0.29, 0.717) is 11.4 Å². The predicted molar refractivity (Wildman–Crippen MR) is 88.4 cm³/mol. The van der Waals surface area contributed by atoms with Crippen LogP contribution in [0.25, 0.3) is 0 Å². The van der Waals surface area contributed by atoms with Crippen LogP contribution >= 0.6 is 0 Å². The molecule has 7 nitrogen and oxygen atoms in total. The topological polar surface area (TPSA) is 130 Å². The van der Waals surface area contributed by atoms with E-state index >= 15 is 0 Å². The molecule has 6 N–H and O–H groups in total. The van der Waals surface area contributed by atoms with Crippen LogP contribution in [0.15, 0.2) is 48.5 Å². The lowest BCUT2D eigenvalue weighted by atomic mass is 10.3. The molecule has 2 aromatic rings. The van der Waals surface area contributed by atoms with Crippen LogP contribution in [0.5, 0.6) is 11.5 Å². The van der Waals surface area contributed by atoms with Gasteiger partial charge in [0.25, 0.3) is 0 Å². The molecule has 0 saturated carbocycles. The number of phenolic OH excluding ortho intramolecular Hbond substituents is 2. The summed E-state index contributed by atoms with van der Waals surface area (Å²) in [7, 11) is 0. The first kappa shape index (κ1) is 19.9. The fraction of sp³-hybridized carbons (Fsp3) is 0.125. The normalized spacial score (nSPS) is 8.78. The highest BCUT2D eigenvalue weighted by atomic mass is 16.3. The van der Waals surface area contributed by atoms with Crippen molar-refractivity contribution in [2.75, 3.05) is 10.6 Å². The Morgan fingerprint density at radius 2 is 0.957 bits per heavy atom. The molecule has 0 radical (unpaired) electrons. The van der Waals surface area contributed by atoms with Crippen LogP contribution < -0.4 is 10.6 Å². The van der Waals surface area contributed by atoms with Gasteiger partial charge in [-0.3, -0.25) is 9.59 Å². The number of hydrogen-bond acceptors (Lipinski definition) is 4. The Morgan fingerprint density at radius 3 is 1.17 bits per heavy atom. The largest absolute Gasteiger partial charge is 0.508 e. The van der Waals surface area contributed by atoms with Crippen molar-refractivity contribution in [1.29, 1.82) is 0 Å². The van der Waals surface area contributed by atoms with Crippen molar-refractivity contribution in [1.82, 2.24) is 0 Å². The van der Waals surface area contributed by atoms with E-state index in [-0.39, 0.29) is 28.8 Å². The van der Waals surface area contributed by atoms with E-state index in [1.807, 2.05) is 0 Å².